The molecule has 0 spiro atoms. The van der Waals surface area contributed by atoms with E-state index in [0.717, 1.165) is 13.0 Å². The summed E-state index contributed by atoms with van der Waals surface area (Å²) in [6, 6.07) is 0. The van der Waals surface area contributed by atoms with Gasteiger partial charge < -0.3 is 14.6 Å². The summed E-state index contributed by atoms with van der Waals surface area (Å²) in [6.45, 7) is 14.3. The van der Waals surface area contributed by atoms with Crippen molar-refractivity contribution >= 4 is 0 Å². The average molecular weight is 363 g/mol. The zero-order valence-electron chi connectivity index (χ0n) is 17.5. The van der Waals surface area contributed by atoms with E-state index in [4.69, 9.17) is 9.47 Å². The van der Waals surface area contributed by atoms with Crippen molar-refractivity contribution in [2.24, 2.45) is 41.4 Å². The van der Waals surface area contributed by atoms with Gasteiger partial charge in [-0.15, -0.1) is 0 Å². The highest BCUT2D eigenvalue weighted by atomic mass is 16.7. The number of ether oxygens (including phenoxy) is 2. The van der Waals surface area contributed by atoms with E-state index in [1.54, 1.807) is 11.1 Å². The highest BCUT2D eigenvalue weighted by Gasteiger charge is 2.55. The van der Waals surface area contributed by atoms with Gasteiger partial charge in [0, 0.05) is 11.8 Å². The van der Waals surface area contributed by atoms with E-state index in [0.29, 0.717) is 41.4 Å². The summed E-state index contributed by atoms with van der Waals surface area (Å²) in [5.74, 6) is 3.13. The van der Waals surface area contributed by atoms with Crippen molar-refractivity contribution in [3.8, 4) is 0 Å². The molecule has 1 N–H and O–H groups in total. The molecule has 3 aliphatic carbocycles. The van der Waals surface area contributed by atoms with Crippen LogP contribution in [0.15, 0.2) is 11.1 Å². The predicted molar refractivity (Wildman–Crippen MR) is 104 cm³/mol. The third kappa shape index (κ3) is 2.99. The van der Waals surface area contributed by atoms with Gasteiger partial charge in [0.2, 0.25) is 0 Å². The van der Waals surface area contributed by atoms with E-state index in [1.807, 2.05) is 0 Å². The fraction of sp³-hybridized carbons (Fsp3) is 0.913. The second kappa shape index (κ2) is 6.60. The van der Waals surface area contributed by atoms with Crippen LogP contribution in [0, 0.1) is 41.4 Å². The van der Waals surface area contributed by atoms with Gasteiger partial charge in [-0.2, -0.15) is 0 Å². The van der Waals surface area contributed by atoms with E-state index in [2.05, 4.69) is 41.5 Å². The second-order valence-corrected chi connectivity index (χ2v) is 10.4. The van der Waals surface area contributed by atoms with Gasteiger partial charge in [-0.25, -0.2) is 0 Å². The maximum atomic E-state index is 11.1. The van der Waals surface area contributed by atoms with Crippen LogP contribution in [0.3, 0.4) is 0 Å². The molecule has 148 valence electrons. The van der Waals surface area contributed by atoms with Crippen molar-refractivity contribution in [3.05, 3.63) is 11.1 Å². The molecule has 0 amide bonds. The van der Waals surface area contributed by atoms with Crippen LogP contribution < -0.4 is 0 Å². The fourth-order valence-corrected chi connectivity index (χ4v) is 6.76. The topological polar surface area (TPSA) is 38.7 Å². The van der Waals surface area contributed by atoms with Crippen molar-refractivity contribution in [2.75, 3.05) is 6.61 Å². The Bertz CT molecular complexity index is 578. The lowest BCUT2D eigenvalue weighted by Crippen LogP contribution is -2.58. The zero-order valence-corrected chi connectivity index (χ0v) is 17.5. The van der Waals surface area contributed by atoms with E-state index in [-0.39, 0.29) is 12.2 Å². The first-order valence-electron chi connectivity index (χ1n) is 10.9. The Morgan fingerprint density at radius 3 is 2.62 bits per heavy atom. The Balaban J connectivity index is 1.82. The number of rotatable bonds is 1. The molecule has 0 aromatic carbocycles. The quantitative estimate of drug-likeness (QED) is 0.682. The Kier molecular flexibility index (Phi) is 4.81. The number of aliphatic hydroxyl groups is 1. The number of hydrogen-bond donors (Lipinski definition) is 1. The number of fused-ring (bicyclic) bond motifs is 1. The molecule has 26 heavy (non-hydrogen) atoms. The highest BCUT2D eigenvalue weighted by molar-refractivity contribution is 5.29. The minimum Gasteiger partial charge on any atom is -0.393 e. The van der Waals surface area contributed by atoms with Crippen molar-refractivity contribution < 1.29 is 14.6 Å². The van der Waals surface area contributed by atoms with Gasteiger partial charge in [-0.1, -0.05) is 31.9 Å². The first kappa shape index (κ1) is 19.0. The van der Waals surface area contributed by atoms with Crippen LogP contribution in [0.1, 0.15) is 67.2 Å². The molecule has 1 heterocycles. The molecule has 0 aromatic rings. The van der Waals surface area contributed by atoms with Crippen LogP contribution in [0.2, 0.25) is 0 Å². The number of allylic oxidation sites excluding steroid dienone is 1. The summed E-state index contributed by atoms with van der Waals surface area (Å²) in [7, 11) is 0. The molecule has 1 saturated heterocycles. The van der Waals surface area contributed by atoms with Crippen molar-refractivity contribution in [1.82, 2.24) is 0 Å². The molecule has 0 aromatic heterocycles. The predicted octanol–water partition coefficient (Wildman–Crippen LogP) is 4.79. The van der Waals surface area contributed by atoms with Gasteiger partial charge in [-0.05, 0) is 76.0 Å². The van der Waals surface area contributed by atoms with Gasteiger partial charge in [0.1, 0.15) is 0 Å². The molecule has 4 aliphatic rings. The van der Waals surface area contributed by atoms with Crippen molar-refractivity contribution in [1.29, 1.82) is 0 Å². The van der Waals surface area contributed by atoms with E-state index in [1.165, 1.54) is 19.3 Å². The summed E-state index contributed by atoms with van der Waals surface area (Å²) < 4.78 is 12.7. The second-order valence-electron chi connectivity index (χ2n) is 10.4. The zero-order chi connectivity index (χ0) is 18.8. The van der Waals surface area contributed by atoms with Crippen LogP contribution in [0.4, 0.5) is 0 Å². The number of hydrogen-bond acceptors (Lipinski definition) is 3. The van der Waals surface area contributed by atoms with E-state index in [9.17, 15) is 5.11 Å². The Hall–Kier alpha value is -0.380. The Morgan fingerprint density at radius 2 is 1.92 bits per heavy atom. The molecule has 1 aliphatic heterocycles. The number of aliphatic hydroxyl groups excluding tert-OH is 1. The molecule has 3 fully saturated rings. The maximum Gasteiger partial charge on any atom is 0.163 e. The smallest absolute Gasteiger partial charge is 0.163 e. The van der Waals surface area contributed by atoms with Crippen molar-refractivity contribution in [2.45, 2.75) is 85.2 Å². The lowest BCUT2D eigenvalue weighted by Gasteiger charge is -2.58. The fourth-order valence-electron chi connectivity index (χ4n) is 6.76. The molecule has 3 heteroatoms. The summed E-state index contributed by atoms with van der Waals surface area (Å²) in [6.07, 6.45) is 4.60. The largest absolute Gasteiger partial charge is 0.393 e. The van der Waals surface area contributed by atoms with Gasteiger partial charge >= 0.3 is 0 Å². The van der Waals surface area contributed by atoms with Crippen molar-refractivity contribution in [3.63, 3.8) is 0 Å². The monoisotopic (exact) mass is 362 g/mol. The standard InChI is InChI=1S/C23H38O3/c1-12(2)17-10-19(24)14(4)16-8-7-13(3)20-18(17)9-15-11-25-23(5,6)26-22(15)21(16)20/h12,14-19,21-22,24H,7-11H2,1-6H3/t14-,15+,16+,17-,18+,19+,21-,22-/m1/s1. The minimum atomic E-state index is -0.488. The SMILES string of the molecule is CC1=C2[C@H]3[C@@H](CC1)[C@@H](C)[C@@H](O)C[C@H](C(C)C)[C@@H]2C[C@H]1COC(C)(C)O[C@H]13. The molecular weight excluding hydrogens is 324 g/mol. The summed E-state index contributed by atoms with van der Waals surface area (Å²) in [4.78, 5) is 0. The van der Waals surface area contributed by atoms with E-state index < -0.39 is 5.79 Å². The molecule has 4 bridgehead atoms. The lowest BCUT2D eigenvalue weighted by atomic mass is 9.52. The van der Waals surface area contributed by atoms with Gasteiger partial charge in [0.15, 0.2) is 5.79 Å². The van der Waals surface area contributed by atoms with Gasteiger partial charge in [0.05, 0.1) is 18.8 Å². The first-order valence-corrected chi connectivity index (χ1v) is 10.9. The normalized spacial score (nSPS) is 48.0. The lowest BCUT2D eigenvalue weighted by molar-refractivity contribution is -0.313. The van der Waals surface area contributed by atoms with E-state index >= 15 is 0 Å². The van der Waals surface area contributed by atoms with Crippen LogP contribution in [-0.4, -0.2) is 29.7 Å². The third-order valence-electron chi connectivity index (χ3n) is 8.17. The van der Waals surface area contributed by atoms with Crippen LogP contribution in [0.5, 0.6) is 0 Å². The summed E-state index contributed by atoms with van der Waals surface area (Å²) >= 11 is 0. The summed E-state index contributed by atoms with van der Waals surface area (Å²) in [5.41, 5.74) is 3.34. The average Bonchev–Trinajstić information content (AvgIpc) is 2.57. The van der Waals surface area contributed by atoms with Gasteiger partial charge in [0.25, 0.3) is 0 Å². The molecule has 4 rings (SSSR count). The maximum absolute atomic E-state index is 11.1. The molecule has 3 nitrogen and oxygen atoms in total. The van der Waals surface area contributed by atoms with Crippen LogP contribution in [-0.2, 0) is 9.47 Å². The highest BCUT2D eigenvalue weighted by Crippen LogP contribution is 2.58. The van der Waals surface area contributed by atoms with Crippen LogP contribution in [0.25, 0.3) is 0 Å². The molecule has 0 unspecified atom stereocenters. The molecule has 0 radical (unpaired) electrons. The van der Waals surface area contributed by atoms with Gasteiger partial charge in [-0.3, -0.25) is 0 Å². The first-order chi connectivity index (χ1) is 12.2. The molecule has 8 atom stereocenters. The third-order valence-corrected chi connectivity index (χ3v) is 8.17. The molecular formula is C23H38O3. The van der Waals surface area contributed by atoms with Crippen LogP contribution >= 0.6 is 0 Å². The Labute approximate surface area is 159 Å². The Morgan fingerprint density at radius 1 is 1.19 bits per heavy atom. The molecule has 2 saturated carbocycles. The summed E-state index contributed by atoms with van der Waals surface area (Å²) in [5, 5.41) is 11.1. The minimum absolute atomic E-state index is 0.179.